The number of aromatic nitrogens is 3. The van der Waals surface area contributed by atoms with Gasteiger partial charge in [-0.1, -0.05) is 12.8 Å². The van der Waals surface area contributed by atoms with E-state index in [1.165, 1.54) is 18.5 Å². The number of benzene rings is 1. The highest BCUT2D eigenvalue weighted by molar-refractivity contribution is 7.17. The summed E-state index contributed by atoms with van der Waals surface area (Å²) in [6.45, 7) is 4.18. The van der Waals surface area contributed by atoms with Gasteiger partial charge in [0.2, 0.25) is 0 Å². The molecule has 7 nitrogen and oxygen atoms in total. The summed E-state index contributed by atoms with van der Waals surface area (Å²) < 4.78 is 1.09. The Labute approximate surface area is 190 Å². The minimum absolute atomic E-state index is 0.102. The summed E-state index contributed by atoms with van der Waals surface area (Å²) in [6.07, 6.45) is 4.77. The summed E-state index contributed by atoms with van der Waals surface area (Å²) in [5, 5.41) is 5.74. The van der Waals surface area contributed by atoms with Crippen LogP contribution in [0.4, 0.5) is 11.4 Å². The normalized spacial score (nSPS) is 18.2. The van der Waals surface area contributed by atoms with Crippen molar-refractivity contribution in [1.29, 1.82) is 0 Å². The van der Waals surface area contributed by atoms with Crippen molar-refractivity contribution in [1.82, 2.24) is 19.9 Å². The number of nitrogens with zero attached hydrogens (tertiary/aromatic N) is 3. The van der Waals surface area contributed by atoms with Crippen molar-refractivity contribution in [3.05, 3.63) is 40.0 Å². The molecule has 8 heteroatoms. The molecular formula is C24H28N6OS. The number of hydrogen-bond donors (Lipinski definition) is 3. The number of hydrogen-bond acceptors (Lipinski definition) is 6. The molecule has 4 heterocycles. The highest BCUT2D eigenvalue weighted by Gasteiger charge is 2.23. The smallest absolute Gasteiger partial charge is 0.261 e. The fourth-order valence-corrected chi connectivity index (χ4v) is 5.89. The van der Waals surface area contributed by atoms with E-state index in [0.717, 1.165) is 66.0 Å². The molecular weight excluding hydrogens is 420 g/mol. The summed E-state index contributed by atoms with van der Waals surface area (Å²) in [5.74, 6) is 0.632. The van der Waals surface area contributed by atoms with E-state index in [4.69, 9.17) is 4.98 Å². The van der Waals surface area contributed by atoms with E-state index < -0.39 is 0 Å². The van der Waals surface area contributed by atoms with E-state index in [2.05, 4.69) is 50.3 Å². The Balaban J connectivity index is 1.43. The van der Waals surface area contributed by atoms with Crippen LogP contribution in [-0.2, 0) is 0 Å². The Morgan fingerprint density at radius 3 is 2.69 bits per heavy atom. The average molecular weight is 449 g/mol. The van der Waals surface area contributed by atoms with Crippen LogP contribution >= 0.6 is 11.3 Å². The predicted octanol–water partition coefficient (Wildman–Crippen LogP) is 4.24. The van der Waals surface area contributed by atoms with Gasteiger partial charge in [0.05, 0.1) is 26.9 Å². The number of pyridine rings is 1. The zero-order valence-corrected chi connectivity index (χ0v) is 19.1. The number of fused-ring (bicyclic) bond motifs is 2. The van der Waals surface area contributed by atoms with E-state index in [9.17, 15) is 4.79 Å². The van der Waals surface area contributed by atoms with Crippen LogP contribution < -0.4 is 15.8 Å². The molecule has 0 amide bonds. The molecule has 0 unspecified atom stereocenters. The summed E-state index contributed by atoms with van der Waals surface area (Å²) in [7, 11) is 2.17. The molecule has 166 valence electrons. The average Bonchev–Trinajstić information content (AvgIpc) is 3.54. The molecule has 1 saturated carbocycles. The first-order chi connectivity index (χ1) is 15.7. The maximum absolute atomic E-state index is 13.2. The van der Waals surface area contributed by atoms with Gasteiger partial charge in [0, 0.05) is 37.9 Å². The minimum atomic E-state index is -0.102. The number of aromatic amines is 2. The maximum atomic E-state index is 13.2. The summed E-state index contributed by atoms with van der Waals surface area (Å²) >= 11 is 1.66. The number of nitrogens with one attached hydrogen (secondary N) is 3. The van der Waals surface area contributed by atoms with Crippen LogP contribution in [0.2, 0.25) is 0 Å². The van der Waals surface area contributed by atoms with Gasteiger partial charge in [-0.05, 0) is 49.5 Å². The van der Waals surface area contributed by atoms with Gasteiger partial charge < -0.3 is 25.1 Å². The lowest BCUT2D eigenvalue weighted by Crippen LogP contribution is -2.44. The van der Waals surface area contributed by atoms with Crippen LogP contribution in [0, 0.1) is 0 Å². The molecule has 4 aromatic rings. The van der Waals surface area contributed by atoms with Gasteiger partial charge in [-0.3, -0.25) is 4.79 Å². The monoisotopic (exact) mass is 448 g/mol. The lowest BCUT2D eigenvalue weighted by molar-refractivity contribution is 0.313. The van der Waals surface area contributed by atoms with Crippen LogP contribution in [0.5, 0.6) is 0 Å². The molecule has 3 N–H and O–H groups in total. The quantitative estimate of drug-likeness (QED) is 0.435. The summed E-state index contributed by atoms with van der Waals surface area (Å²) in [6, 6.07) is 8.76. The number of imidazole rings is 1. The van der Waals surface area contributed by atoms with Crippen molar-refractivity contribution in [2.45, 2.75) is 31.7 Å². The molecule has 0 bridgehead atoms. The van der Waals surface area contributed by atoms with E-state index in [0.29, 0.717) is 17.4 Å². The first kappa shape index (κ1) is 19.8. The molecule has 3 aromatic heterocycles. The van der Waals surface area contributed by atoms with Gasteiger partial charge in [0.25, 0.3) is 5.56 Å². The molecule has 6 rings (SSSR count). The molecule has 2 aliphatic rings. The largest absolute Gasteiger partial charge is 0.380 e. The third kappa shape index (κ3) is 3.47. The highest BCUT2D eigenvalue weighted by Crippen LogP contribution is 2.36. The van der Waals surface area contributed by atoms with E-state index in [-0.39, 0.29) is 5.56 Å². The van der Waals surface area contributed by atoms with Crippen molar-refractivity contribution in [3.63, 3.8) is 0 Å². The topological polar surface area (TPSA) is 80.0 Å². The highest BCUT2D eigenvalue weighted by atomic mass is 32.1. The second kappa shape index (κ2) is 7.94. The van der Waals surface area contributed by atoms with Crippen LogP contribution in [-0.4, -0.2) is 59.1 Å². The fraction of sp³-hybridized carbons (Fsp3) is 0.417. The maximum Gasteiger partial charge on any atom is 0.261 e. The number of thiophene rings is 1. The van der Waals surface area contributed by atoms with Crippen molar-refractivity contribution >= 4 is 44.0 Å². The minimum Gasteiger partial charge on any atom is -0.380 e. The fourth-order valence-electron chi connectivity index (χ4n) is 5.03. The number of likely N-dealkylation sites (N-methyl/N-ethyl adjacent to an activating group) is 1. The second-order valence-corrected chi connectivity index (χ2v) is 9.99. The number of anilines is 2. The molecule has 1 aliphatic carbocycles. The Morgan fingerprint density at radius 2 is 1.88 bits per heavy atom. The van der Waals surface area contributed by atoms with Crippen LogP contribution in [0.25, 0.3) is 32.6 Å². The number of rotatable bonds is 4. The molecule has 1 aromatic carbocycles. The van der Waals surface area contributed by atoms with Crippen LogP contribution in [0.3, 0.4) is 0 Å². The van der Waals surface area contributed by atoms with Crippen LogP contribution in [0.15, 0.2) is 34.4 Å². The molecule has 0 spiro atoms. The predicted molar refractivity (Wildman–Crippen MR) is 133 cm³/mol. The number of piperazine rings is 1. The number of H-pyrrole nitrogens is 2. The van der Waals surface area contributed by atoms with Crippen molar-refractivity contribution in [2.24, 2.45) is 0 Å². The Hall–Kier alpha value is -2.84. The SMILES string of the molecule is CN1CCN(c2ccc3nc(-c4c(NC5CCCC5)c5sccc5[nH]c4=O)[nH]c3c2)CC1. The molecule has 2 fully saturated rings. The van der Waals surface area contributed by atoms with E-state index in [1.54, 1.807) is 11.3 Å². The van der Waals surface area contributed by atoms with Gasteiger partial charge in [0.1, 0.15) is 11.4 Å². The lowest BCUT2D eigenvalue weighted by Gasteiger charge is -2.34. The van der Waals surface area contributed by atoms with Crippen molar-refractivity contribution < 1.29 is 0 Å². The van der Waals surface area contributed by atoms with Crippen molar-refractivity contribution in [3.8, 4) is 11.4 Å². The zero-order chi connectivity index (χ0) is 21.7. The van der Waals surface area contributed by atoms with Gasteiger partial charge in [0.15, 0.2) is 0 Å². The first-order valence-electron chi connectivity index (χ1n) is 11.5. The summed E-state index contributed by atoms with van der Waals surface area (Å²) in [4.78, 5) is 29.3. The van der Waals surface area contributed by atoms with E-state index in [1.807, 2.05) is 11.4 Å². The lowest BCUT2D eigenvalue weighted by atomic mass is 10.1. The van der Waals surface area contributed by atoms with Gasteiger partial charge >= 0.3 is 0 Å². The van der Waals surface area contributed by atoms with E-state index >= 15 is 0 Å². The zero-order valence-electron chi connectivity index (χ0n) is 18.3. The third-order valence-corrected chi connectivity index (χ3v) is 7.82. The van der Waals surface area contributed by atoms with Gasteiger partial charge in [-0.25, -0.2) is 4.98 Å². The van der Waals surface area contributed by atoms with Gasteiger partial charge in [-0.15, -0.1) is 11.3 Å². The van der Waals surface area contributed by atoms with Crippen molar-refractivity contribution in [2.75, 3.05) is 43.4 Å². The standard InChI is InChI=1S/C24H28N6OS/c1-29-9-11-30(12-10-29)16-6-7-17-19(14-16)27-23(26-17)20-21(25-15-4-2-3-5-15)22-18(8-13-32-22)28-24(20)31/h6-8,13-15H,2-5,9-12H2,1H3,(H,26,27)(H2,25,28,31). The van der Waals surface area contributed by atoms with Crippen LogP contribution in [0.1, 0.15) is 25.7 Å². The molecule has 1 aliphatic heterocycles. The molecule has 1 saturated heterocycles. The summed E-state index contributed by atoms with van der Waals surface area (Å²) in [5.41, 5.74) is 5.37. The second-order valence-electron chi connectivity index (χ2n) is 9.07. The molecule has 32 heavy (non-hydrogen) atoms. The Morgan fingerprint density at radius 1 is 1.06 bits per heavy atom. The molecule has 0 radical (unpaired) electrons. The Bertz CT molecular complexity index is 1320. The Kier molecular flexibility index (Phi) is 4.91. The van der Waals surface area contributed by atoms with Gasteiger partial charge in [-0.2, -0.15) is 0 Å². The molecule has 0 atom stereocenters. The third-order valence-electron chi connectivity index (χ3n) is 6.89. The first-order valence-corrected chi connectivity index (χ1v) is 12.4.